The minimum atomic E-state index is -0.0279. The average molecular weight is 546 g/mol. The van der Waals surface area contributed by atoms with Gasteiger partial charge in [-0.2, -0.15) is 0 Å². The molecular weight excluding hydrogens is 507 g/mol. The fourth-order valence-electron chi connectivity index (χ4n) is 4.40. The molecule has 0 radical (unpaired) electrons. The molecule has 1 N–H and O–H groups in total. The van der Waals surface area contributed by atoms with Crippen molar-refractivity contribution in [3.8, 4) is 0 Å². The van der Waals surface area contributed by atoms with Crippen LogP contribution in [0.1, 0.15) is 50.1 Å². The first-order valence-corrected chi connectivity index (χ1v) is 11.5. The van der Waals surface area contributed by atoms with Gasteiger partial charge in [-0.15, -0.1) is 24.0 Å². The van der Waals surface area contributed by atoms with Gasteiger partial charge in [0, 0.05) is 57.9 Å². The number of rotatable bonds is 7. The Bertz CT molecular complexity index is 704. The third kappa shape index (κ3) is 6.81. The summed E-state index contributed by atoms with van der Waals surface area (Å²) >= 11 is 0. The van der Waals surface area contributed by atoms with E-state index >= 15 is 0 Å². The third-order valence-corrected chi connectivity index (χ3v) is 6.30. The molecule has 0 aromatic carbocycles. The summed E-state index contributed by atoms with van der Waals surface area (Å²) in [5, 5.41) is 7.46. The summed E-state index contributed by atoms with van der Waals surface area (Å²) in [5.74, 6) is 2.19. The quantitative estimate of drug-likeness (QED) is 0.245. The van der Waals surface area contributed by atoms with Crippen molar-refractivity contribution >= 4 is 35.8 Å². The molecule has 3 heterocycles. The van der Waals surface area contributed by atoms with E-state index in [0.717, 1.165) is 95.5 Å². The number of hydrogen-bond acceptors (Lipinski definition) is 5. The predicted molar refractivity (Wildman–Crippen MR) is 134 cm³/mol. The van der Waals surface area contributed by atoms with Crippen molar-refractivity contribution in [3.63, 3.8) is 0 Å². The van der Waals surface area contributed by atoms with Gasteiger partial charge in [-0.3, -0.25) is 14.7 Å². The van der Waals surface area contributed by atoms with E-state index in [2.05, 4.69) is 34.1 Å². The van der Waals surface area contributed by atoms with Crippen LogP contribution in [0.25, 0.3) is 0 Å². The summed E-state index contributed by atoms with van der Waals surface area (Å²) in [6, 6.07) is -0.0279. The molecule has 176 valence electrons. The van der Waals surface area contributed by atoms with E-state index in [1.165, 1.54) is 5.56 Å². The van der Waals surface area contributed by atoms with Crippen molar-refractivity contribution in [1.82, 2.24) is 25.2 Å². The molecule has 1 amide bonds. The van der Waals surface area contributed by atoms with Gasteiger partial charge in [-0.1, -0.05) is 5.16 Å². The molecule has 2 saturated heterocycles. The van der Waals surface area contributed by atoms with Crippen molar-refractivity contribution in [2.24, 2.45) is 4.99 Å². The second-order valence-electron chi connectivity index (χ2n) is 8.37. The number of nitrogens with one attached hydrogen (secondary N) is 1. The first-order chi connectivity index (χ1) is 14.5. The highest BCUT2D eigenvalue weighted by Gasteiger charge is 2.30. The summed E-state index contributed by atoms with van der Waals surface area (Å²) in [4.78, 5) is 24.2. The summed E-state index contributed by atoms with van der Waals surface area (Å²) in [6.45, 7) is 15.2. The van der Waals surface area contributed by atoms with Gasteiger partial charge in [-0.25, -0.2) is 0 Å². The second-order valence-corrected chi connectivity index (χ2v) is 8.37. The molecule has 1 aromatic heterocycles. The molecule has 1 unspecified atom stereocenters. The Kier molecular flexibility index (Phi) is 10.5. The van der Waals surface area contributed by atoms with Gasteiger partial charge >= 0.3 is 0 Å². The van der Waals surface area contributed by atoms with Gasteiger partial charge in [0.15, 0.2) is 5.96 Å². The zero-order valence-corrected chi connectivity index (χ0v) is 21.9. The van der Waals surface area contributed by atoms with E-state index in [1.54, 1.807) is 0 Å². The Morgan fingerprint density at radius 3 is 2.39 bits per heavy atom. The van der Waals surface area contributed by atoms with E-state index in [0.29, 0.717) is 5.91 Å². The Morgan fingerprint density at radius 1 is 1.13 bits per heavy atom. The summed E-state index contributed by atoms with van der Waals surface area (Å²) in [5.41, 5.74) is 2.19. The van der Waals surface area contributed by atoms with Crippen molar-refractivity contribution in [2.45, 2.75) is 59.4 Å². The van der Waals surface area contributed by atoms with Crippen LogP contribution in [0.15, 0.2) is 9.52 Å². The normalized spacial score (nSPS) is 18.8. The molecule has 2 aliphatic rings. The minimum Gasteiger partial charge on any atom is -0.361 e. The number of likely N-dealkylation sites (tertiary alicyclic amines) is 1. The third-order valence-electron chi connectivity index (χ3n) is 6.30. The molecule has 8 nitrogen and oxygen atoms in total. The average Bonchev–Trinajstić information content (AvgIpc) is 3.40. The summed E-state index contributed by atoms with van der Waals surface area (Å²) < 4.78 is 5.25. The molecular formula is C22H39IN6O2. The first kappa shape index (κ1) is 25.9. The van der Waals surface area contributed by atoms with Crippen LogP contribution in [-0.4, -0.2) is 90.1 Å². The van der Waals surface area contributed by atoms with E-state index in [9.17, 15) is 4.79 Å². The smallest absolute Gasteiger partial charge is 0.239 e. The van der Waals surface area contributed by atoms with Crippen molar-refractivity contribution in [2.75, 3.05) is 52.4 Å². The van der Waals surface area contributed by atoms with Gasteiger partial charge in [0.05, 0.1) is 11.7 Å². The molecule has 0 aliphatic carbocycles. The predicted octanol–water partition coefficient (Wildman–Crippen LogP) is 2.44. The first-order valence-electron chi connectivity index (χ1n) is 11.5. The van der Waals surface area contributed by atoms with E-state index in [4.69, 9.17) is 9.52 Å². The number of hydrogen-bond donors (Lipinski definition) is 1. The van der Waals surface area contributed by atoms with Gasteiger partial charge in [0.2, 0.25) is 5.91 Å². The summed E-state index contributed by atoms with van der Waals surface area (Å²) in [6.07, 6.45) is 4.20. The van der Waals surface area contributed by atoms with Crippen molar-refractivity contribution < 1.29 is 9.32 Å². The van der Waals surface area contributed by atoms with E-state index in [-0.39, 0.29) is 30.0 Å². The maximum atomic E-state index is 12.7. The number of piperazine rings is 1. The molecule has 3 rings (SSSR count). The van der Waals surface area contributed by atoms with E-state index < -0.39 is 0 Å². The molecule has 1 aromatic rings. The lowest BCUT2D eigenvalue weighted by Gasteiger charge is -2.39. The Morgan fingerprint density at radius 2 is 1.81 bits per heavy atom. The van der Waals surface area contributed by atoms with Crippen LogP contribution in [0.3, 0.4) is 0 Å². The largest absolute Gasteiger partial charge is 0.361 e. The fraction of sp³-hybridized carbons (Fsp3) is 0.773. The molecule has 2 aliphatic heterocycles. The fourth-order valence-corrected chi connectivity index (χ4v) is 4.40. The highest BCUT2D eigenvalue weighted by Crippen LogP contribution is 2.15. The molecule has 1 atom stereocenters. The molecule has 0 bridgehead atoms. The maximum Gasteiger partial charge on any atom is 0.239 e. The van der Waals surface area contributed by atoms with Crippen molar-refractivity contribution in [1.29, 1.82) is 0 Å². The molecule has 31 heavy (non-hydrogen) atoms. The standard InChI is InChI=1S/C22H38N6O2.HI/c1-5-23-22(24-10-8-9-20-17(2)25-30-19(20)4)28-15-13-26(14-16-28)18(3)21(29)27-11-6-7-12-27;/h18H,5-16H2,1-4H3,(H,23,24);1H. The lowest BCUT2D eigenvalue weighted by molar-refractivity contribution is -0.135. The number of carbonyl (C=O) groups is 1. The van der Waals surface area contributed by atoms with Gasteiger partial charge < -0.3 is 19.6 Å². The van der Waals surface area contributed by atoms with Crippen LogP contribution in [0.5, 0.6) is 0 Å². The van der Waals surface area contributed by atoms with Crippen LogP contribution in [0.4, 0.5) is 0 Å². The number of carbonyl (C=O) groups excluding carboxylic acids is 1. The topological polar surface area (TPSA) is 77.2 Å². The van der Waals surface area contributed by atoms with E-state index in [1.807, 2.05) is 18.7 Å². The molecule has 2 fully saturated rings. The number of halogens is 1. The number of nitrogens with zero attached hydrogens (tertiary/aromatic N) is 5. The van der Waals surface area contributed by atoms with Crippen LogP contribution < -0.4 is 5.32 Å². The SMILES string of the molecule is CCNC(=NCCCc1c(C)noc1C)N1CCN(C(C)C(=O)N2CCCC2)CC1.I. The van der Waals surface area contributed by atoms with Crippen LogP contribution in [0, 0.1) is 13.8 Å². The van der Waals surface area contributed by atoms with Gasteiger partial charge in [-0.05, 0) is 53.4 Å². The zero-order valence-electron chi connectivity index (χ0n) is 19.5. The highest BCUT2D eigenvalue weighted by atomic mass is 127. The maximum absolute atomic E-state index is 12.7. The summed E-state index contributed by atoms with van der Waals surface area (Å²) in [7, 11) is 0. The van der Waals surface area contributed by atoms with Crippen molar-refractivity contribution in [3.05, 3.63) is 17.0 Å². The number of guanidine groups is 1. The lowest BCUT2D eigenvalue weighted by atomic mass is 10.1. The number of amides is 1. The molecule has 0 spiro atoms. The monoisotopic (exact) mass is 546 g/mol. The molecule has 9 heteroatoms. The Hall–Kier alpha value is -1.36. The van der Waals surface area contributed by atoms with Gasteiger partial charge in [0.25, 0.3) is 0 Å². The van der Waals surface area contributed by atoms with Crippen LogP contribution in [0.2, 0.25) is 0 Å². The zero-order chi connectivity index (χ0) is 21.5. The van der Waals surface area contributed by atoms with Crippen LogP contribution >= 0.6 is 24.0 Å². The minimum absolute atomic E-state index is 0. The number of aliphatic imine (C=N–C) groups is 1. The Labute approximate surface area is 203 Å². The van der Waals surface area contributed by atoms with Gasteiger partial charge in [0.1, 0.15) is 5.76 Å². The molecule has 0 saturated carbocycles. The highest BCUT2D eigenvalue weighted by molar-refractivity contribution is 14.0. The second kappa shape index (κ2) is 12.6. The van der Waals surface area contributed by atoms with Crippen LogP contribution in [-0.2, 0) is 11.2 Å². The number of aromatic nitrogens is 1. The lowest BCUT2D eigenvalue weighted by Crippen LogP contribution is -2.57. The Balaban J connectivity index is 0.00000341. The number of aryl methyl sites for hydroxylation is 2.